The lowest BCUT2D eigenvalue weighted by atomic mass is 9.83. The lowest BCUT2D eigenvalue weighted by Crippen LogP contribution is -2.36. The van der Waals surface area contributed by atoms with E-state index in [2.05, 4.69) is 5.32 Å². The summed E-state index contributed by atoms with van der Waals surface area (Å²) in [5, 5.41) is 3.60. The summed E-state index contributed by atoms with van der Waals surface area (Å²) in [4.78, 5) is 0. The normalized spacial score (nSPS) is 52.0. The maximum absolute atomic E-state index is 5.86. The van der Waals surface area contributed by atoms with E-state index in [0.717, 1.165) is 12.0 Å². The van der Waals surface area contributed by atoms with Crippen LogP contribution in [-0.4, -0.2) is 24.8 Å². The van der Waals surface area contributed by atoms with E-state index < -0.39 is 0 Å². The summed E-state index contributed by atoms with van der Waals surface area (Å²) in [6.45, 7) is 1.23. The first-order chi connectivity index (χ1) is 5.93. The lowest BCUT2D eigenvalue weighted by Gasteiger charge is -2.24. The summed E-state index contributed by atoms with van der Waals surface area (Å²) in [7, 11) is 0. The number of rotatable bonds is 1. The summed E-state index contributed by atoms with van der Waals surface area (Å²) < 4.78 is 5.86. The molecule has 4 atom stereocenters. The second-order valence-electron chi connectivity index (χ2n) is 4.48. The maximum Gasteiger partial charge on any atom is 0.0623 e. The molecule has 3 fully saturated rings. The van der Waals surface area contributed by atoms with Gasteiger partial charge in [-0.1, -0.05) is 0 Å². The van der Waals surface area contributed by atoms with Crippen molar-refractivity contribution in [3.05, 3.63) is 0 Å². The third kappa shape index (κ3) is 1.01. The van der Waals surface area contributed by atoms with Gasteiger partial charge in [0.25, 0.3) is 0 Å². The Morgan fingerprint density at radius 3 is 2.75 bits per heavy atom. The molecule has 2 bridgehead atoms. The van der Waals surface area contributed by atoms with E-state index in [1.165, 1.54) is 38.6 Å². The van der Waals surface area contributed by atoms with Crippen molar-refractivity contribution < 1.29 is 4.74 Å². The Morgan fingerprint density at radius 2 is 2.17 bits per heavy atom. The molecule has 0 aliphatic carbocycles. The molecule has 1 N–H and O–H groups in total. The van der Waals surface area contributed by atoms with Crippen molar-refractivity contribution >= 4 is 0 Å². The van der Waals surface area contributed by atoms with Crippen LogP contribution in [0.4, 0.5) is 0 Å². The van der Waals surface area contributed by atoms with Gasteiger partial charge in [0.2, 0.25) is 0 Å². The zero-order valence-corrected chi connectivity index (χ0v) is 7.46. The number of hydrogen-bond acceptors (Lipinski definition) is 2. The largest absolute Gasteiger partial charge is 0.375 e. The fraction of sp³-hybridized carbons (Fsp3) is 1.00. The Morgan fingerprint density at radius 1 is 1.17 bits per heavy atom. The average Bonchev–Trinajstić information content (AvgIpc) is 2.81. The number of hydrogen-bond donors (Lipinski definition) is 1. The van der Waals surface area contributed by atoms with E-state index in [-0.39, 0.29) is 0 Å². The average molecular weight is 167 g/mol. The third-order valence-corrected chi connectivity index (χ3v) is 3.77. The van der Waals surface area contributed by atoms with Crippen LogP contribution in [0.5, 0.6) is 0 Å². The highest BCUT2D eigenvalue weighted by Crippen LogP contribution is 2.41. The molecule has 0 radical (unpaired) electrons. The van der Waals surface area contributed by atoms with Crippen LogP contribution in [0.1, 0.15) is 32.1 Å². The van der Waals surface area contributed by atoms with Gasteiger partial charge in [-0.2, -0.15) is 0 Å². The Hall–Kier alpha value is -0.0800. The highest BCUT2D eigenvalue weighted by atomic mass is 16.5. The van der Waals surface area contributed by atoms with Gasteiger partial charge in [-0.3, -0.25) is 0 Å². The van der Waals surface area contributed by atoms with Crippen LogP contribution in [0.15, 0.2) is 0 Å². The van der Waals surface area contributed by atoms with Crippen molar-refractivity contribution in [2.24, 2.45) is 5.92 Å². The van der Waals surface area contributed by atoms with Crippen LogP contribution in [0, 0.1) is 5.92 Å². The molecule has 0 aromatic carbocycles. The van der Waals surface area contributed by atoms with E-state index >= 15 is 0 Å². The Labute approximate surface area is 73.7 Å². The molecule has 2 heteroatoms. The lowest BCUT2D eigenvalue weighted by molar-refractivity contribution is 0.0872. The second-order valence-corrected chi connectivity index (χ2v) is 4.48. The monoisotopic (exact) mass is 167 g/mol. The van der Waals surface area contributed by atoms with Gasteiger partial charge in [0.05, 0.1) is 12.2 Å². The summed E-state index contributed by atoms with van der Waals surface area (Å²) >= 11 is 0. The minimum absolute atomic E-state index is 0.616. The van der Waals surface area contributed by atoms with Gasteiger partial charge in [0, 0.05) is 12.0 Å². The summed E-state index contributed by atoms with van der Waals surface area (Å²) in [5.41, 5.74) is 0. The summed E-state index contributed by atoms with van der Waals surface area (Å²) in [6, 6.07) is 0.792. The van der Waals surface area contributed by atoms with Crippen LogP contribution < -0.4 is 5.32 Å². The molecule has 0 saturated carbocycles. The summed E-state index contributed by atoms with van der Waals surface area (Å²) in [6.07, 6.45) is 7.99. The first-order valence-corrected chi connectivity index (χ1v) is 5.32. The smallest absolute Gasteiger partial charge is 0.0623 e. The van der Waals surface area contributed by atoms with Gasteiger partial charge in [-0.15, -0.1) is 0 Å². The van der Waals surface area contributed by atoms with Gasteiger partial charge in [0.1, 0.15) is 0 Å². The van der Waals surface area contributed by atoms with Crippen molar-refractivity contribution in [1.82, 2.24) is 5.32 Å². The maximum atomic E-state index is 5.86. The quantitative estimate of drug-likeness (QED) is 0.635. The second kappa shape index (κ2) is 2.71. The van der Waals surface area contributed by atoms with Crippen molar-refractivity contribution in [1.29, 1.82) is 0 Å². The first kappa shape index (κ1) is 7.34. The number of fused-ring (bicyclic) bond motifs is 2. The first-order valence-electron chi connectivity index (χ1n) is 5.32. The van der Waals surface area contributed by atoms with Crippen LogP contribution in [0.3, 0.4) is 0 Å². The molecule has 0 amide bonds. The molecule has 3 rings (SSSR count). The van der Waals surface area contributed by atoms with Crippen molar-refractivity contribution in [2.45, 2.75) is 50.4 Å². The molecule has 0 aromatic rings. The van der Waals surface area contributed by atoms with Gasteiger partial charge < -0.3 is 10.1 Å². The molecule has 3 aliphatic heterocycles. The third-order valence-electron chi connectivity index (χ3n) is 3.77. The highest BCUT2D eigenvalue weighted by molar-refractivity contribution is 4.96. The Bertz CT molecular complexity index is 177. The van der Waals surface area contributed by atoms with Gasteiger partial charge in [-0.05, 0) is 38.6 Å². The minimum atomic E-state index is 0.616. The van der Waals surface area contributed by atoms with E-state index in [0.29, 0.717) is 12.2 Å². The molecular formula is C10H17NO. The Kier molecular flexibility index (Phi) is 1.66. The van der Waals surface area contributed by atoms with Gasteiger partial charge in [0.15, 0.2) is 0 Å². The molecular weight excluding hydrogens is 150 g/mol. The molecule has 0 spiro atoms. The number of ether oxygens (including phenoxy) is 1. The van der Waals surface area contributed by atoms with E-state index in [4.69, 9.17) is 4.74 Å². The zero-order valence-electron chi connectivity index (χ0n) is 7.46. The van der Waals surface area contributed by atoms with E-state index in [9.17, 15) is 0 Å². The van der Waals surface area contributed by atoms with Crippen molar-refractivity contribution in [3.8, 4) is 0 Å². The van der Waals surface area contributed by atoms with Gasteiger partial charge in [-0.25, -0.2) is 0 Å². The molecule has 12 heavy (non-hydrogen) atoms. The number of nitrogens with one attached hydrogen (secondary N) is 1. The minimum Gasteiger partial charge on any atom is -0.375 e. The standard InChI is InChI=1S/C10H17NO/c1-2-9(11-5-1)8-6-7-3-4-10(8)12-7/h7-11H,1-6H2. The molecule has 3 aliphatic rings. The van der Waals surface area contributed by atoms with Crippen molar-refractivity contribution in [3.63, 3.8) is 0 Å². The fourth-order valence-corrected chi connectivity index (χ4v) is 3.18. The van der Waals surface area contributed by atoms with Crippen LogP contribution >= 0.6 is 0 Å². The van der Waals surface area contributed by atoms with Gasteiger partial charge >= 0.3 is 0 Å². The predicted octanol–water partition coefficient (Wildman–Crippen LogP) is 1.31. The van der Waals surface area contributed by atoms with Crippen LogP contribution in [0.2, 0.25) is 0 Å². The molecule has 68 valence electrons. The van der Waals surface area contributed by atoms with Crippen LogP contribution in [0.25, 0.3) is 0 Å². The molecule has 2 nitrogen and oxygen atoms in total. The highest BCUT2D eigenvalue weighted by Gasteiger charge is 2.44. The van der Waals surface area contributed by atoms with E-state index in [1.807, 2.05) is 0 Å². The SMILES string of the molecule is C1CNC(C2CC3CCC2O3)C1. The fourth-order valence-electron chi connectivity index (χ4n) is 3.18. The predicted molar refractivity (Wildman–Crippen MR) is 47.0 cm³/mol. The molecule has 3 saturated heterocycles. The topological polar surface area (TPSA) is 21.3 Å². The van der Waals surface area contributed by atoms with Crippen molar-refractivity contribution in [2.75, 3.05) is 6.54 Å². The van der Waals surface area contributed by atoms with Crippen LogP contribution in [-0.2, 0) is 4.74 Å². The summed E-state index contributed by atoms with van der Waals surface area (Å²) in [5.74, 6) is 0.853. The zero-order chi connectivity index (χ0) is 7.97. The molecule has 3 heterocycles. The Balaban J connectivity index is 1.69. The van der Waals surface area contributed by atoms with E-state index in [1.54, 1.807) is 0 Å². The molecule has 0 aromatic heterocycles. The molecule has 4 unspecified atom stereocenters.